The van der Waals surface area contributed by atoms with Crippen LogP contribution in [0.4, 0.5) is 5.82 Å². The van der Waals surface area contributed by atoms with Gasteiger partial charge < -0.3 is 48.0 Å². The Balaban J connectivity index is 2.09. The van der Waals surface area contributed by atoms with Gasteiger partial charge in [0.1, 0.15) is 36.7 Å². The molecule has 7 unspecified atom stereocenters. The third-order valence-corrected chi connectivity index (χ3v) is 9.08. The first-order chi connectivity index (χ1) is 17.4. The Morgan fingerprint density at radius 2 is 1.86 bits per heavy atom. The highest BCUT2D eigenvalue weighted by Crippen LogP contribution is 2.58. The molecule has 1 aromatic heterocycles. The van der Waals surface area contributed by atoms with Gasteiger partial charge in [0.05, 0.1) is 13.2 Å². The molecule has 0 aliphatic carbocycles. The maximum Gasteiger partial charge on any atom is 0.351 e. The second kappa shape index (κ2) is 13.6. The number of rotatable bonds is 15. The minimum atomic E-state index is -4.73. The van der Waals surface area contributed by atoms with Gasteiger partial charge in [0, 0.05) is 39.7 Å². The first kappa shape index (κ1) is 31.1. The molecule has 7 atom stereocenters. The number of carbonyl (C=O) groups is 3. The van der Waals surface area contributed by atoms with Gasteiger partial charge in [-0.15, -0.1) is 0 Å². The lowest BCUT2D eigenvalue weighted by molar-refractivity contribution is -0.116. The Morgan fingerprint density at radius 3 is 2.41 bits per heavy atom. The van der Waals surface area contributed by atoms with Gasteiger partial charge >= 0.3 is 20.9 Å². The first-order valence-corrected chi connectivity index (χ1v) is 14.3. The normalized spacial score (nSPS) is 25.5. The van der Waals surface area contributed by atoms with E-state index in [-0.39, 0.29) is 12.2 Å². The highest BCUT2D eigenvalue weighted by Gasteiger charge is 2.48. The number of carbonyl (C=O) groups excluding carboxylic acids is 3. The quantitative estimate of drug-likeness (QED) is 0.185. The molecular formula is C19H29N3O13P2. The van der Waals surface area contributed by atoms with Gasteiger partial charge in [0.15, 0.2) is 12.1 Å². The van der Waals surface area contributed by atoms with E-state index >= 15 is 0 Å². The second-order valence-electron chi connectivity index (χ2n) is 7.96. The molecule has 1 amide bonds. The van der Waals surface area contributed by atoms with Crippen LogP contribution in [0.3, 0.4) is 0 Å². The summed E-state index contributed by atoms with van der Waals surface area (Å²) in [6.45, 7) is 0.0461. The average Bonchev–Trinajstić information content (AvgIpc) is 3.16. The number of ether oxygens (including phenoxy) is 3. The van der Waals surface area contributed by atoms with Crippen LogP contribution >= 0.6 is 15.2 Å². The van der Waals surface area contributed by atoms with Crippen molar-refractivity contribution in [2.45, 2.75) is 37.9 Å². The second-order valence-corrected chi connectivity index (χ2v) is 12.2. The van der Waals surface area contributed by atoms with Crippen LogP contribution in [0.15, 0.2) is 17.1 Å². The first-order valence-electron chi connectivity index (χ1n) is 10.8. The Kier molecular flexibility index (Phi) is 11.4. The van der Waals surface area contributed by atoms with Crippen molar-refractivity contribution in [3.8, 4) is 0 Å². The number of amides is 1. The van der Waals surface area contributed by atoms with Gasteiger partial charge in [-0.2, -0.15) is 4.98 Å². The molecule has 2 heterocycles. The monoisotopic (exact) mass is 569 g/mol. The highest BCUT2D eigenvalue weighted by atomic mass is 31.2. The van der Waals surface area contributed by atoms with Crippen molar-refractivity contribution < 1.29 is 56.6 Å². The van der Waals surface area contributed by atoms with Gasteiger partial charge in [-0.1, -0.05) is 0 Å². The van der Waals surface area contributed by atoms with Crippen molar-refractivity contribution in [2.24, 2.45) is 5.92 Å². The molecule has 1 aromatic rings. The lowest BCUT2D eigenvalue weighted by Gasteiger charge is -2.23. The molecule has 16 nitrogen and oxygen atoms in total. The van der Waals surface area contributed by atoms with E-state index in [1.807, 2.05) is 0 Å². The van der Waals surface area contributed by atoms with Crippen LogP contribution in [0.1, 0.15) is 19.6 Å². The van der Waals surface area contributed by atoms with Gasteiger partial charge in [-0.3, -0.25) is 18.5 Å². The molecule has 2 rings (SSSR count). The van der Waals surface area contributed by atoms with Crippen LogP contribution < -0.4 is 11.0 Å². The number of hydrogen-bond acceptors (Lipinski definition) is 12. The van der Waals surface area contributed by atoms with Crippen LogP contribution in [-0.2, 0) is 46.8 Å². The van der Waals surface area contributed by atoms with Crippen LogP contribution in [0, 0.1) is 5.92 Å². The number of hydrogen-bond donors (Lipinski definition) is 3. The van der Waals surface area contributed by atoms with Gasteiger partial charge in [-0.05, 0) is 6.07 Å². The molecule has 1 aliphatic rings. The van der Waals surface area contributed by atoms with Crippen LogP contribution in [0.2, 0.25) is 0 Å². The molecule has 18 heteroatoms. The summed E-state index contributed by atoms with van der Waals surface area (Å²) in [7, 11) is -6.77. The minimum Gasteiger partial charge on any atom is -0.376 e. The summed E-state index contributed by atoms with van der Waals surface area (Å²) in [5.74, 6) is -2.68. The van der Waals surface area contributed by atoms with Gasteiger partial charge in [-0.25, -0.2) is 4.79 Å². The lowest BCUT2D eigenvalue weighted by atomic mass is 10.1. The molecule has 0 spiro atoms. The molecule has 0 bridgehead atoms. The van der Waals surface area contributed by atoms with E-state index in [2.05, 4.69) is 10.3 Å². The number of aldehydes is 2. The summed E-state index contributed by atoms with van der Waals surface area (Å²) in [5, 5.41) is 2.37. The van der Waals surface area contributed by atoms with Crippen molar-refractivity contribution in [1.82, 2.24) is 9.55 Å². The zero-order valence-electron chi connectivity index (χ0n) is 20.2. The zero-order chi connectivity index (χ0) is 27.8. The van der Waals surface area contributed by atoms with Crippen molar-refractivity contribution in [3.05, 3.63) is 22.7 Å². The van der Waals surface area contributed by atoms with Gasteiger partial charge in [0.2, 0.25) is 5.91 Å². The smallest absolute Gasteiger partial charge is 0.351 e. The Labute approximate surface area is 211 Å². The zero-order valence-corrected chi connectivity index (χ0v) is 22.0. The van der Waals surface area contributed by atoms with Crippen LogP contribution in [0.5, 0.6) is 0 Å². The van der Waals surface area contributed by atoms with Crippen molar-refractivity contribution in [1.29, 1.82) is 0 Å². The largest absolute Gasteiger partial charge is 0.376 e. The molecular weight excluding hydrogens is 540 g/mol. The molecule has 1 fully saturated rings. The summed E-state index contributed by atoms with van der Waals surface area (Å²) in [4.78, 5) is 68.8. The number of methoxy groups -OCH3 is 2. The van der Waals surface area contributed by atoms with E-state index in [1.54, 1.807) is 0 Å². The number of anilines is 1. The SMILES string of the molecule is COC1C(COP(=O)(O)CP(=O)(O)OCC(C=O)CC=O)OC(n2ccc(NC(C)=O)nc2=O)C1OC. The highest BCUT2D eigenvalue weighted by molar-refractivity contribution is 7.70. The molecule has 0 radical (unpaired) electrons. The number of nitrogens with one attached hydrogen (secondary N) is 1. The minimum absolute atomic E-state index is 0.0198. The standard InChI is InChI=1S/C19H29N3O13P2/c1-12(25)20-15-4-6-22(19(26)21-15)18-17(32-3)16(31-2)14(35-18)10-34-37(29,30)11-36(27,28)33-9-13(8-24)5-7-23/h4,6-8,13-14,16-18H,5,9-11H2,1-3H3,(H,27,28)(H,29,30)(H,20,21,25,26). The average molecular weight is 569 g/mol. The number of aromatic nitrogens is 2. The molecule has 1 saturated heterocycles. The van der Waals surface area contributed by atoms with E-state index in [4.69, 9.17) is 23.3 Å². The fraction of sp³-hybridized carbons (Fsp3) is 0.632. The molecule has 208 valence electrons. The fourth-order valence-corrected chi connectivity index (χ4v) is 6.72. The van der Waals surface area contributed by atoms with E-state index < -0.39 is 76.4 Å². The third-order valence-electron chi connectivity index (χ3n) is 5.12. The van der Waals surface area contributed by atoms with Crippen molar-refractivity contribution in [2.75, 3.05) is 38.7 Å². The topological polar surface area (TPSA) is 219 Å². The Morgan fingerprint density at radius 1 is 1.22 bits per heavy atom. The number of nitrogens with zero attached hydrogens (tertiary/aromatic N) is 2. The van der Waals surface area contributed by atoms with Crippen LogP contribution in [-0.4, -0.2) is 89.5 Å². The summed E-state index contributed by atoms with van der Waals surface area (Å²) in [6.07, 6.45) is -2.10. The molecule has 37 heavy (non-hydrogen) atoms. The lowest BCUT2D eigenvalue weighted by Crippen LogP contribution is -2.38. The third kappa shape index (κ3) is 8.99. The fourth-order valence-electron chi connectivity index (χ4n) is 3.45. The summed E-state index contributed by atoms with van der Waals surface area (Å²) in [5.41, 5.74) is -0.788. The summed E-state index contributed by atoms with van der Waals surface area (Å²) >= 11 is 0. The van der Waals surface area contributed by atoms with E-state index in [0.29, 0.717) is 12.6 Å². The maximum absolute atomic E-state index is 12.5. The maximum atomic E-state index is 12.5. The predicted molar refractivity (Wildman–Crippen MR) is 125 cm³/mol. The predicted octanol–water partition coefficient (Wildman–Crippen LogP) is -0.105. The summed E-state index contributed by atoms with van der Waals surface area (Å²) < 4.78 is 52.0. The molecule has 0 aromatic carbocycles. The van der Waals surface area contributed by atoms with Gasteiger partial charge in [0.25, 0.3) is 0 Å². The molecule has 0 saturated carbocycles. The van der Waals surface area contributed by atoms with Crippen LogP contribution in [0.25, 0.3) is 0 Å². The van der Waals surface area contributed by atoms with Crippen molar-refractivity contribution >= 4 is 39.5 Å². The summed E-state index contributed by atoms with van der Waals surface area (Å²) in [6, 6.07) is 1.36. The van der Waals surface area contributed by atoms with E-state index in [1.165, 1.54) is 33.4 Å². The van der Waals surface area contributed by atoms with E-state index in [9.17, 15) is 38.1 Å². The van der Waals surface area contributed by atoms with Crippen molar-refractivity contribution in [3.63, 3.8) is 0 Å². The Hall–Kier alpha value is -2.13. The van der Waals surface area contributed by atoms with E-state index in [0.717, 1.165) is 4.57 Å². The Bertz CT molecular complexity index is 1110. The molecule has 1 aliphatic heterocycles. The molecule has 3 N–H and O–H groups in total.